The van der Waals surface area contributed by atoms with Crippen LogP contribution in [0.3, 0.4) is 0 Å². The molecule has 0 aliphatic heterocycles. The average molecular weight is 379 g/mol. The molecule has 0 fully saturated rings. The van der Waals surface area contributed by atoms with Gasteiger partial charge in [-0.15, -0.1) is 15.3 Å². The van der Waals surface area contributed by atoms with E-state index in [1.807, 2.05) is 13.0 Å². The predicted molar refractivity (Wildman–Crippen MR) is 96.2 cm³/mol. The standard InChI is InChI=1S/C18H17N7O3/c1-2-8-24(11-16-20-21-17(28-16)15-7-4-9-27-15)18(26)13-5-3-6-14(10-13)25-12-19-22-23-25/h3-7,9-10,12H,2,8,11H2,1H3. The highest BCUT2D eigenvalue weighted by atomic mass is 16.4. The molecule has 3 aromatic heterocycles. The van der Waals surface area contributed by atoms with Crippen LogP contribution in [-0.2, 0) is 6.54 Å². The van der Waals surface area contributed by atoms with Crippen molar-refractivity contribution in [2.24, 2.45) is 0 Å². The van der Waals surface area contributed by atoms with Crippen LogP contribution >= 0.6 is 0 Å². The first-order valence-electron chi connectivity index (χ1n) is 8.73. The molecule has 0 spiro atoms. The number of rotatable bonds is 7. The fourth-order valence-electron chi connectivity index (χ4n) is 2.75. The van der Waals surface area contributed by atoms with E-state index >= 15 is 0 Å². The number of furan rings is 1. The highest BCUT2D eigenvalue weighted by Crippen LogP contribution is 2.19. The summed E-state index contributed by atoms with van der Waals surface area (Å²) >= 11 is 0. The Bertz CT molecular complexity index is 1040. The third-order valence-corrected chi connectivity index (χ3v) is 4.01. The minimum Gasteiger partial charge on any atom is -0.459 e. The van der Waals surface area contributed by atoms with Crippen LogP contribution in [0.4, 0.5) is 0 Å². The average Bonchev–Trinajstić information content (AvgIpc) is 3.49. The fraction of sp³-hybridized carbons (Fsp3) is 0.222. The van der Waals surface area contributed by atoms with Gasteiger partial charge in [0.1, 0.15) is 6.33 Å². The maximum Gasteiger partial charge on any atom is 0.283 e. The highest BCUT2D eigenvalue weighted by Gasteiger charge is 2.20. The third-order valence-electron chi connectivity index (χ3n) is 4.01. The molecule has 1 amide bonds. The molecule has 0 aliphatic carbocycles. The van der Waals surface area contributed by atoms with Crippen LogP contribution in [0.15, 0.2) is 57.8 Å². The molecular formula is C18H17N7O3. The molecule has 0 aliphatic rings. The van der Waals surface area contributed by atoms with Crippen LogP contribution in [-0.4, -0.2) is 47.8 Å². The van der Waals surface area contributed by atoms with Gasteiger partial charge in [-0.05, 0) is 47.2 Å². The van der Waals surface area contributed by atoms with E-state index in [-0.39, 0.29) is 18.3 Å². The van der Waals surface area contributed by atoms with Crippen molar-refractivity contribution in [3.63, 3.8) is 0 Å². The summed E-state index contributed by atoms with van der Waals surface area (Å²) < 4.78 is 12.4. The van der Waals surface area contributed by atoms with Gasteiger partial charge in [0.2, 0.25) is 5.89 Å². The molecule has 10 heteroatoms. The summed E-state index contributed by atoms with van der Waals surface area (Å²) in [5, 5.41) is 19.1. The van der Waals surface area contributed by atoms with Crippen molar-refractivity contribution in [1.82, 2.24) is 35.3 Å². The van der Waals surface area contributed by atoms with E-state index in [0.717, 1.165) is 6.42 Å². The van der Waals surface area contributed by atoms with Gasteiger partial charge in [-0.3, -0.25) is 4.79 Å². The van der Waals surface area contributed by atoms with Crippen molar-refractivity contribution in [3.8, 4) is 17.3 Å². The monoisotopic (exact) mass is 379 g/mol. The van der Waals surface area contributed by atoms with Gasteiger partial charge in [0, 0.05) is 12.1 Å². The molecular weight excluding hydrogens is 362 g/mol. The van der Waals surface area contributed by atoms with Gasteiger partial charge < -0.3 is 13.7 Å². The molecule has 4 rings (SSSR count). The van der Waals surface area contributed by atoms with Crippen LogP contribution in [0.2, 0.25) is 0 Å². The van der Waals surface area contributed by atoms with Crippen LogP contribution in [0, 0.1) is 0 Å². The lowest BCUT2D eigenvalue weighted by Crippen LogP contribution is -2.31. The second-order valence-corrected chi connectivity index (χ2v) is 6.01. The number of hydrogen-bond acceptors (Lipinski definition) is 8. The topological polar surface area (TPSA) is 116 Å². The second kappa shape index (κ2) is 7.82. The summed E-state index contributed by atoms with van der Waals surface area (Å²) in [7, 11) is 0. The fourth-order valence-corrected chi connectivity index (χ4v) is 2.75. The Morgan fingerprint density at radius 1 is 1.21 bits per heavy atom. The molecule has 0 saturated heterocycles. The first-order valence-corrected chi connectivity index (χ1v) is 8.73. The zero-order valence-corrected chi connectivity index (χ0v) is 15.1. The lowest BCUT2D eigenvalue weighted by atomic mass is 10.1. The lowest BCUT2D eigenvalue weighted by Gasteiger charge is -2.20. The Morgan fingerprint density at radius 2 is 2.14 bits per heavy atom. The van der Waals surface area contributed by atoms with Gasteiger partial charge in [0.25, 0.3) is 11.8 Å². The van der Waals surface area contributed by atoms with Crippen molar-refractivity contribution in [3.05, 3.63) is 60.4 Å². The lowest BCUT2D eigenvalue weighted by molar-refractivity contribution is 0.0728. The van der Waals surface area contributed by atoms with E-state index in [1.54, 1.807) is 35.2 Å². The van der Waals surface area contributed by atoms with Gasteiger partial charge in [-0.25, -0.2) is 4.68 Å². The maximum atomic E-state index is 13.1. The van der Waals surface area contributed by atoms with E-state index in [9.17, 15) is 4.79 Å². The normalized spacial score (nSPS) is 10.9. The summed E-state index contributed by atoms with van der Waals surface area (Å²) in [4.78, 5) is 14.7. The zero-order chi connectivity index (χ0) is 19.3. The molecule has 0 radical (unpaired) electrons. The number of hydrogen-bond donors (Lipinski definition) is 0. The predicted octanol–water partition coefficient (Wildman–Crippen LogP) is 2.36. The van der Waals surface area contributed by atoms with Crippen molar-refractivity contribution >= 4 is 5.91 Å². The maximum absolute atomic E-state index is 13.1. The molecule has 3 heterocycles. The van der Waals surface area contributed by atoms with Gasteiger partial charge in [-0.1, -0.05) is 13.0 Å². The Balaban J connectivity index is 1.54. The number of carbonyl (C=O) groups is 1. The number of amides is 1. The molecule has 0 saturated carbocycles. The van der Waals surface area contributed by atoms with Crippen LogP contribution in [0.1, 0.15) is 29.6 Å². The van der Waals surface area contributed by atoms with Gasteiger partial charge in [-0.2, -0.15) is 0 Å². The highest BCUT2D eigenvalue weighted by molar-refractivity contribution is 5.94. The Kier molecular flexibility index (Phi) is 4.91. The SMILES string of the molecule is CCCN(Cc1nnc(-c2ccco2)o1)C(=O)c1cccc(-n2cnnn2)c1. The van der Waals surface area contributed by atoms with E-state index in [1.165, 1.54) is 17.3 Å². The summed E-state index contributed by atoms with van der Waals surface area (Å²) in [6.07, 6.45) is 3.80. The van der Waals surface area contributed by atoms with Crippen molar-refractivity contribution < 1.29 is 13.6 Å². The minimum absolute atomic E-state index is 0.144. The first-order chi connectivity index (χ1) is 13.7. The van der Waals surface area contributed by atoms with E-state index < -0.39 is 0 Å². The van der Waals surface area contributed by atoms with Crippen molar-refractivity contribution in [1.29, 1.82) is 0 Å². The Labute approximate surface area is 159 Å². The van der Waals surface area contributed by atoms with Gasteiger partial charge in [0.05, 0.1) is 18.5 Å². The van der Waals surface area contributed by atoms with Crippen molar-refractivity contribution in [2.75, 3.05) is 6.54 Å². The smallest absolute Gasteiger partial charge is 0.283 e. The molecule has 4 aromatic rings. The quantitative estimate of drug-likeness (QED) is 0.480. The summed E-state index contributed by atoms with van der Waals surface area (Å²) in [6, 6.07) is 10.6. The summed E-state index contributed by atoms with van der Waals surface area (Å²) in [5.74, 6) is 0.963. The van der Waals surface area contributed by atoms with Crippen LogP contribution in [0.5, 0.6) is 0 Å². The largest absolute Gasteiger partial charge is 0.459 e. The number of aromatic nitrogens is 6. The molecule has 10 nitrogen and oxygen atoms in total. The first kappa shape index (κ1) is 17.6. The molecule has 28 heavy (non-hydrogen) atoms. The number of nitrogens with zero attached hydrogens (tertiary/aromatic N) is 7. The zero-order valence-electron chi connectivity index (χ0n) is 15.1. The van der Waals surface area contributed by atoms with Crippen LogP contribution < -0.4 is 0 Å². The Morgan fingerprint density at radius 3 is 2.89 bits per heavy atom. The third kappa shape index (κ3) is 3.65. The summed E-state index contributed by atoms with van der Waals surface area (Å²) in [6.45, 7) is 2.75. The van der Waals surface area contributed by atoms with Crippen molar-refractivity contribution in [2.45, 2.75) is 19.9 Å². The second-order valence-electron chi connectivity index (χ2n) is 6.01. The number of tetrazole rings is 1. The molecule has 0 unspecified atom stereocenters. The van der Waals surface area contributed by atoms with Gasteiger partial charge in [0.15, 0.2) is 5.76 Å². The number of carbonyl (C=O) groups excluding carboxylic acids is 1. The van der Waals surface area contributed by atoms with Crippen LogP contribution in [0.25, 0.3) is 17.3 Å². The molecule has 1 aromatic carbocycles. The molecule has 0 bridgehead atoms. The van der Waals surface area contributed by atoms with E-state index in [4.69, 9.17) is 8.83 Å². The van der Waals surface area contributed by atoms with Gasteiger partial charge >= 0.3 is 0 Å². The van der Waals surface area contributed by atoms with E-state index in [0.29, 0.717) is 29.4 Å². The molecule has 0 N–H and O–H groups in total. The molecule has 0 atom stereocenters. The summed E-state index contributed by atoms with van der Waals surface area (Å²) in [5.41, 5.74) is 1.22. The number of benzene rings is 1. The molecule has 142 valence electrons. The Hall–Kier alpha value is -3.82. The van der Waals surface area contributed by atoms with E-state index in [2.05, 4.69) is 25.7 Å². The minimum atomic E-state index is -0.144.